The van der Waals surface area contributed by atoms with Gasteiger partial charge in [0.2, 0.25) is 0 Å². The summed E-state index contributed by atoms with van der Waals surface area (Å²) < 4.78 is 11.0. The number of guanidine groups is 1. The summed E-state index contributed by atoms with van der Waals surface area (Å²) in [7, 11) is 0. The Kier molecular flexibility index (Phi) is 6.07. The van der Waals surface area contributed by atoms with Gasteiger partial charge in [0.05, 0.1) is 26.3 Å². The van der Waals surface area contributed by atoms with Crippen molar-refractivity contribution >= 4 is 5.96 Å². The fraction of sp³-hybridized carbons (Fsp3) is 0.588. The van der Waals surface area contributed by atoms with Crippen LogP contribution >= 0.6 is 0 Å². The summed E-state index contributed by atoms with van der Waals surface area (Å²) in [5.74, 6) is 1.73. The molecule has 1 aliphatic heterocycles. The molecular formula is C17H27N3O2. The number of nitrogens with zero attached hydrogens (tertiary/aromatic N) is 1. The molecule has 1 aromatic carbocycles. The van der Waals surface area contributed by atoms with Crippen molar-refractivity contribution in [1.82, 2.24) is 10.6 Å². The summed E-state index contributed by atoms with van der Waals surface area (Å²) >= 11 is 0. The Morgan fingerprint density at radius 1 is 1.27 bits per heavy atom. The van der Waals surface area contributed by atoms with Gasteiger partial charge in [0.15, 0.2) is 5.96 Å². The van der Waals surface area contributed by atoms with Crippen LogP contribution in [0, 0.1) is 12.3 Å². The zero-order chi connectivity index (χ0) is 15.8. The molecule has 2 N–H and O–H groups in total. The maximum Gasteiger partial charge on any atom is 0.191 e. The zero-order valence-electron chi connectivity index (χ0n) is 13.8. The molecule has 0 unspecified atom stereocenters. The summed E-state index contributed by atoms with van der Waals surface area (Å²) in [5.41, 5.74) is 1.43. The average molecular weight is 305 g/mol. The minimum absolute atomic E-state index is 0.195. The maximum atomic E-state index is 5.70. The van der Waals surface area contributed by atoms with Crippen molar-refractivity contribution in [3.8, 4) is 5.75 Å². The first-order valence-electron chi connectivity index (χ1n) is 7.91. The van der Waals surface area contributed by atoms with Gasteiger partial charge in [-0.15, -0.1) is 0 Å². The second-order valence-electron chi connectivity index (χ2n) is 6.09. The van der Waals surface area contributed by atoms with E-state index in [2.05, 4.69) is 48.5 Å². The van der Waals surface area contributed by atoms with Crippen LogP contribution in [0.15, 0.2) is 29.3 Å². The highest BCUT2D eigenvalue weighted by molar-refractivity contribution is 5.79. The van der Waals surface area contributed by atoms with Crippen LogP contribution < -0.4 is 15.4 Å². The Balaban J connectivity index is 1.71. The third-order valence-corrected chi connectivity index (χ3v) is 3.55. The van der Waals surface area contributed by atoms with Crippen LogP contribution in [0.5, 0.6) is 5.75 Å². The lowest BCUT2D eigenvalue weighted by molar-refractivity contribution is -0.0945. The Labute approximate surface area is 133 Å². The number of rotatable bonds is 7. The second kappa shape index (κ2) is 8.03. The van der Waals surface area contributed by atoms with Gasteiger partial charge in [-0.2, -0.15) is 0 Å². The predicted molar refractivity (Wildman–Crippen MR) is 89.6 cm³/mol. The van der Waals surface area contributed by atoms with Gasteiger partial charge in [-0.25, -0.2) is 0 Å². The van der Waals surface area contributed by atoms with Crippen LogP contribution in [0.3, 0.4) is 0 Å². The molecule has 0 atom stereocenters. The second-order valence-corrected chi connectivity index (χ2v) is 6.09. The topological polar surface area (TPSA) is 54.9 Å². The first kappa shape index (κ1) is 16.6. The maximum absolute atomic E-state index is 5.70. The molecule has 1 aliphatic rings. The van der Waals surface area contributed by atoms with Crippen molar-refractivity contribution in [1.29, 1.82) is 0 Å². The van der Waals surface area contributed by atoms with E-state index in [1.54, 1.807) is 0 Å². The van der Waals surface area contributed by atoms with E-state index in [0.29, 0.717) is 13.2 Å². The van der Waals surface area contributed by atoms with Crippen molar-refractivity contribution in [2.75, 3.05) is 39.5 Å². The summed E-state index contributed by atoms with van der Waals surface area (Å²) in [4.78, 5) is 4.62. The van der Waals surface area contributed by atoms with Crippen LogP contribution in [0.4, 0.5) is 0 Å². The van der Waals surface area contributed by atoms with Gasteiger partial charge in [0, 0.05) is 12.0 Å². The van der Waals surface area contributed by atoms with Crippen molar-refractivity contribution in [2.24, 2.45) is 10.4 Å². The molecule has 0 bridgehead atoms. The Hall–Kier alpha value is -1.75. The zero-order valence-corrected chi connectivity index (χ0v) is 13.8. The molecule has 5 nitrogen and oxygen atoms in total. The van der Waals surface area contributed by atoms with Crippen LogP contribution in [0.1, 0.15) is 19.4 Å². The first-order chi connectivity index (χ1) is 10.6. The van der Waals surface area contributed by atoms with Crippen molar-refractivity contribution < 1.29 is 9.47 Å². The summed E-state index contributed by atoms with van der Waals surface area (Å²) in [6, 6.07) is 8.09. The van der Waals surface area contributed by atoms with Gasteiger partial charge in [0.1, 0.15) is 12.4 Å². The Morgan fingerprint density at radius 3 is 2.59 bits per heavy atom. The van der Waals surface area contributed by atoms with Gasteiger partial charge < -0.3 is 20.1 Å². The third kappa shape index (κ3) is 5.22. The first-order valence-corrected chi connectivity index (χ1v) is 7.91. The molecule has 0 amide bonds. The lowest BCUT2D eigenvalue weighted by Gasteiger charge is -2.36. The number of ether oxygens (including phenoxy) is 2. The summed E-state index contributed by atoms with van der Waals surface area (Å²) in [5, 5.41) is 6.55. The van der Waals surface area contributed by atoms with Crippen molar-refractivity contribution in [3.63, 3.8) is 0 Å². The van der Waals surface area contributed by atoms with Gasteiger partial charge in [-0.3, -0.25) is 4.99 Å². The molecule has 0 spiro atoms. The third-order valence-electron chi connectivity index (χ3n) is 3.55. The molecule has 1 fully saturated rings. The summed E-state index contributed by atoms with van der Waals surface area (Å²) in [6.45, 7) is 10.9. The fourth-order valence-electron chi connectivity index (χ4n) is 2.13. The minimum Gasteiger partial charge on any atom is -0.492 e. The normalized spacial score (nSPS) is 16.8. The Morgan fingerprint density at radius 2 is 2.00 bits per heavy atom. The highest BCUT2D eigenvalue weighted by Crippen LogP contribution is 2.26. The average Bonchev–Trinajstić information content (AvgIpc) is 2.49. The quantitative estimate of drug-likeness (QED) is 0.459. The van der Waals surface area contributed by atoms with Crippen LogP contribution in [0.25, 0.3) is 0 Å². The molecule has 1 saturated heterocycles. The molecule has 0 radical (unpaired) electrons. The molecule has 122 valence electrons. The van der Waals surface area contributed by atoms with Crippen LogP contribution in [-0.4, -0.2) is 45.4 Å². The monoisotopic (exact) mass is 305 g/mol. The fourth-order valence-corrected chi connectivity index (χ4v) is 2.13. The molecule has 1 heterocycles. The standard InChI is InChI=1S/C17H27N3O2/c1-4-18-16(20-11-17(3)12-21-13-17)19-9-10-22-15-7-5-14(2)6-8-15/h5-8H,4,9-13H2,1-3H3,(H2,18,19,20). The highest BCUT2D eigenvalue weighted by atomic mass is 16.5. The lowest BCUT2D eigenvalue weighted by Crippen LogP contribution is -2.45. The van der Waals surface area contributed by atoms with E-state index in [-0.39, 0.29) is 5.41 Å². The summed E-state index contributed by atoms with van der Waals surface area (Å²) in [6.07, 6.45) is 0. The van der Waals surface area contributed by atoms with Crippen LogP contribution in [-0.2, 0) is 4.74 Å². The molecule has 22 heavy (non-hydrogen) atoms. The van der Waals surface area contributed by atoms with E-state index >= 15 is 0 Å². The molecule has 1 aromatic rings. The molecule has 0 aliphatic carbocycles. The number of aliphatic imine (C=N–C) groups is 1. The molecular weight excluding hydrogens is 278 g/mol. The van der Waals surface area contributed by atoms with Crippen molar-refractivity contribution in [3.05, 3.63) is 29.8 Å². The number of nitrogens with one attached hydrogen (secondary N) is 2. The lowest BCUT2D eigenvalue weighted by atomic mass is 9.89. The molecule has 2 rings (SSSR count). The minimum atomic E-state index is 0.195. The number of hydrogen-bond donors (Lipinski definition) is 2. The number of benzene rings is 1. The van der Waals surface area contributed by atoms with E-state index in [0.717, 1.165) is 38.0 Å². The number of hydrogen-bond acceptors (Lipinski definition) is 3. The smallest absolute Gasteiger partial charge is 0.191 e. The number of aryl methyl sites for hydroxylation is 1. The van der Waals surface area contributed by atoms with Gasteiger partial charge in [-0.05, 0) is 26.0 Å². The van der Waals surface area contributed by atoms with Crippen molar-refractivity contribution in [2.45, 2.75) is 20.8 Å². The van der Waals surface area contributed by atoms with E-state index < -0.39 is 0 Å². The van der Waals surface area contributed by atoms with Crippen LogP contribution in [0.2, 0.25) is 0 Å². The SMILES string of the molecule is CCNC(=NCC1(C)COC1)NCCOc1ccc(C)cc1. The van der Waals surface area contributed by atoms with E-state index in [9.17, 15) is 0 Å². The largest absolute Gasteiger partial charge is 0.492 e. The van der Waals surface area contributed by atoms with Gasteiger partial charge >= 0.3 is 0 Å². The van der Waals surface area contributed by atoms with Gasteiger partial charge in [0.25, 0.3) is 0 Å². The predicted octanol–water partition coefficient (Wildman–Crippen LogP) is 1.97. The highest BCUT2D eigenvalue weighted by Gasteiger charge is 2.33. The van der Waals surface area contributed by atoms with Gasteiger partial charge in [-0.1, -0.05) is 24.6 Å². The Bertz CT molecular complexity index is 481. The molecule has 0 saturated carbocycles. The molecule has 0 aromatic heterocycles. The van der Waals surface area contributed by atoms with E-state index in [4.69, 9.17) is 9.47 Å². The van der Waals surface area contributed by atoms with E-state index in [1.807, 2.05) is 12.1 Å². The van der Waals surface area contributed by atoms with E-state index in [1.165, 1.54) is 5.56 Å². The molecule has 5 heteroatoms.